The van der Waals surface area contributed by atoms with E-state index in [1.165, 1.54) is 6.92 Å². The van der Waals surface area contributed by atoms with Gasteiger partial charge in [0.2, 0.25) is 5.91 Å². The molecule has 128 valence electrons. The van der Waals surface area contributed by atoms with Crippen molar-refractivity contribution in [1.82, 2.24) is 5.32 Å². The third kappa shape index (κ3) is 3.88. The van der Waals surface area contributed by atoms with Gasteiger partial charge in [-0.05, 0) is 43.9 Å². The molecule has 1 aliphatic carbocycles. The summed E-state index contributed by atoms with van der Waals surface area (Å²) >= 11 is 0. The molecule has 0 bridgehead atoms. The van der Waals surface area contributed by atoms with Gasteiger partial charge >= 0.3 is 0 Å². The van der Waals surface area contributed by atoms with Crippen LogP contribution >= 0.6 is 0 Å². The number of halogens is 2. The van der Waals surface area contributed by atoms with E-state index in [0.29, 0.717) is 12.0 Å². The van der Waals surface area contributed by atoms with Crippen LogP contribution in [0.1, 0.15) is 39.5 Å². The largest absolute Gasteiger partial charge is 0.352 e. The fourth-order valence-electron chi connectivity index (χ4n) is 2.83. The number of carbonyl (C=O) groups excluding carboxylic acids is 1. The van der Waals surface area contributed by atoms with Crippen LogP contribution in [-0.2, 0) is 14.6 Å². The maximum Gasteiger partial charge on any atom is 0.238 e. The second-order valence-corrected chi connectivity index (χ2v) is 8.41. The molecule has 0 heterocycles. The van der Waals surface area contributed by atoms with Gasteiger partial charge in [-0.1, -0.05) is 19.8 Å². The first-order chi connectivity index (χ1) is 10.7. The third-order valence-electron chi connectivity index (χ3n) is 4.49. The average molecular weight is 345 g/mol. The topological polar surface area (TPSA) is 63.2 Å². The van der Waals surface area contributed by atoms with Crippen molar-refractivity contribution in [2.24, 2.45) is 5.92 Å². The quantitative estimate of drug-likeness (QED) is 0.854. The Balaban J connectivity index is 2.15. The highest BCUT2D eigenvalue weighted by Gasteiger charge is 2.33. The summed E-state index contributed by atoms with van der Waals surface area (Å²) < 4.78 is 51.0. The van der Waals surface area contributed by atoms with Crippen LogP contribution in [0.25, 0.3) is 0 Å². The second kappa shape index (κ2) is 6.95. The highest BCUT2D eigenvalue weighted by molar-refractivity contribution is 7.92. The fourth-order valence-corrected chi connectivity index (χ4v) is 4.11. The van der Waals surface area contributed by atoms with Crippen molar-refractivity contribution >= 4 is 15.7 Å². The van der Waals surface area contributed by atoms with E-state index in [0.717, 1.165) is 37.8 Å². The summed E-state index contributed by atoms with van der Waals surface area (Å²) in [6.45, 7) is 3.29. The molecule has 1 saturated carbocycles. The Hall–Kier alpha value is -1.50. The molecule has 0 radical (unpaired) electrons. The first kappa shape index (κ1) is 17.8. The van der Waals surface area contributed by atoms with Gasteiger partial charge in [-0.25, -0.2) is 17.2 Å². The van der Waals surface area contributed by atoms with Gasteiger partial charge in [-0.15, -0.1) is 0 Å². The highest BCUT2D eigenvalue weighted by atomic mass is 32.2. The van der Waals surface area contributed by atoms with E-state index >= 15 is 0 Å². The SMILES string of the molecule is CC1CCCCC1NC(=O)C(C)S(=O)(=O)c1ccc(F)c(F)c1. The molecule has 0 aliphatic heterocycles. The Morgan fingerprint density at radius 3 is 2.48 bits per heavy atom. The Labute approximate surface area is 135 Å². The zero-order valence-electron chi connectivity index (χ0n) is 13.2. The molecule has 1 fully saturated rings. The van der Waals surface area contributed by atoms with Crippen molar-refractivity contribution in [2.45, 2.75) is 55.7 Å². The smallest absolute Gasteiger partial charge is 0.238 e. The molecule has 7 heteroatoms. The minimum absolute atomic E-state index is 0.0427. The van der Waals surface area contributed by atoms with E-state index < -0.39 is 37.5 Å². The van der Waals surface area contributed by atoms with Crippen LogP contribution in [-0.4, -0.2) is 25.6 Å². The lowest BCUT2D eigenvalue weighted by Gasteiger charge is -2.30. The van der Waals surface area contributed by atoms with Crippen LogP contribution in [0.2, 0.25) is 0 Å². The van der Waals surface area contributed by atoms with E-state index in [1.807, 2.05) is 6.92 Å². The molecule has 1 amide bonds. The molecule has 23 heavy (non-hydrogen) atoms. The van der Waals surface area contributed by atoms with Crippen molar-refractivity contribution < 1.29 is 22.0 Å². The van der Waals surface area contributed by atoms with Crippen molar-refractivity contribution in [3.8, 4) is 0 Å². The predicted molar refractivity (Wildman–Crippen MR) is 82.6 cm³/mol. The molecule has 4 nitrogen and oxygen atoms in total. The molecule has 1 aromatic rings. The highest BCUT2D eigenvalue weighted by Crippen LogP contribution is 2.25. The van der Waals surface area contributed by atoms with Crippen LogP contribution in [0, 0.1) is 17.6 Å². The number of rotatable bonds is 4. The van der Waals surface area contributed by atoms with Gasteiger partial charge in [0, 0.05) is 6.04 Å². The number of sulfone groups is 1. The fraction of sp³-hybridized carbons (Fsp3) is 0.562. The first-order valence-corrected chi connectivity index (χ1v) is 9.27. The van der Waals surface area contributed by atoms with Crippen LogP contribution in [0.15, 0.2) is 23.1 Å². The molecule has 0 spiro atoms. The minimum atomic E-state index is -4.06. The van der Waals surface area contributed by atoms with Crippen molar-refractivity contribution in [2.75, 3.05) is 0 Å². The van der Waals surface area contributed by atoms with Crippen LogP contribution in [0.5, 0.6) is 0 Å². The van der Waals surface area contributed by atoms with Crippen molar-refractivity contribution in [3.05, 3.63) is 29.8 Å². The monoisotopic (exact) mass is 345 g/mol. The average Bonchev–Trinajstić information content (AvgIpc) is 2.51. The number of benzene rings is 1. The molecule has 1 aliphatic rings. The maximum absolute atomic E-state index is 13.3. The van der Waals surface area contributed by atoms with Gasteiger partial charge < -0.3 is 5.32 Å². The van der Waals surface area contributed by atoms with E-state index in [-0.39, 0.29) is 6.04 Å². The number of amides is 1. The normalized spacial score (nSPS) is 23.3. The molecule has 3 unspecified atom stereocenters. The standard InChI is InChI=1S/C16H21F2NO3S/c1-10-5-3-4-6-15(10)19-16(20)11(2)23(21,22)12-7-8-13(17)14(18)9-12/h7-11,15H,3-6H2,1-2H3,(H,19,20). The Kier molecular flexibility index (Phi) is 5.39. The third-order valence-corrected chi connectivity index (χ3v) is 6.55. The number of hydrogen-bond donors (Lipinski definition) is 1. The lowest BCUT2D eigenvalue weighted by molar-refractivity contribution is -0.121. The minimum Gasteiger partial charge on any atom is -0.352 e. The Morgan fingerprint density at radius 1 is 1.22 bits per heavy atom. The summed E-state index contributed by atoms with van der Waals surface area (Å²) in [4.78, 5) is 11.9. The zero-order chi connectivity index (χ0) is 17.2. The van der Waals surface area contributed by atoms with E-state index in [1.54, 1.807) is 0 Å². The zero-order valence-corrected chi connectivity index (χ0v) is 14.0. The molecular weight excluding hydrogens is 324 g/mol. The maximum atomic E-state index is 13.3. The Bertz CT molecular complexity index is 691. The molecule has 3 atom stereocenters. The van der Waals surface area contributed by atoms with Gasteiger partial charge in [0.05, 0.1) is 4.90 Å². The van der Waals surface area contributed by atoms with Crippen LogP contribution < -0.4 is 5.32 Å². The van der Waals surface area contributed by atoms with E-state index in [2.05, 4.69) is 5.32 Å². The van der Waals surface area contributed by atoms with E-state index in [4.69, 9.17) is 0 Å². The van der Waals surface area contributed by atoms with Crippen molar-refractivity contribution in [1.29, 1.82) is 0 Å². The van der Waals surface area contributed by atoms with Gasteiger partial charge in [0.1, 0.15) is 5.25 Å². The summed E-state index contributed by atoms with van der Waals surface area (Å²) in [7, 11) is -4.06. The van der Waals surface area contributed by atoms with Gasteiger partial charge in [0.15, 0.2) is 21.5 Å². The molecule has 2 rings (SSSR count). The lowest BCUT2D eigenvalue weighted by atomic mass is 9.86. The molecule has 0 saturated heterocycles. The molecule has 1 N–H and O–H groups in total. The first-order valence-electron chi connectivity index (χ1n) is 7.73. The number of nitrogens with one attached hydrogen (secondary N) is 1. The summed E-state index contributed by atoms with van der Waals surface area (Å²) in [6.07, 6.45) is 3.93. The number of carbonyl (C=O) groups is 1. The number of hydrogen-bond acceptors (Lipinski definition) is 3. The lowest BCUT2D eigenvalue weighted by Crippen LogP contribution is -2.46. The van der Waals surface area contributed by atoms with Crippen molar-refractivity contribution in [3.63, 3.8) is 0 Å². The summed E-state index contributed by atoms with van der Waals surface area (Å²) in [5, 5.41) is 1.42. The van der Waals surface area contributed by atoms with Gasteiger partial charge in [-0.3, -0.25) is 4.79 Å². The summed E-state index contributed by atoms with van der Waals surface area (Å²) in [6, 6.07) is 2.29. The summed E-state index contributed by atoms with van der Waals surface area (Å²) in [5.74, 6) is -2.68. The Morgan fingerprint density at radius 2 is 1.87 bits per heavy atom. The van der Waals surface area contributed by atoms with Crippen LogP contribution in [0.3, 0.4) is 0 Å². The van der Waals surface area contributed by atoms with Gasteiger partial charge in [-0.2, -0.15) is 0 Å². The summed E-state index contributed by atoms with van der Waals surface area (Å²) in [5.41, 5.74) is 0. The molecule has 0 aromatic heterocycles. The predicted octanol–water partition coefficient (Wildman–Crippen LogP) is 2.82. The second-order valence-electron chi connectivity index (χ2n) is 6.14. The molecule has 1 aromatic carbocycles. The van der Waals surface area contributed by atoms with Gasteiger partial charge in [0.25, 0.3) is 0 Å². The van der Waals surface area contributed by atoms with E-state index in [9.17, 15) is 22.0 Å². The van der Waals surface area contributed by atoms with Crippen LogP contribution in [0.4, 0.5) is 8.78 Å². The molecular formula is C16H21F2NO3S.